The summed E-state index contributed by atoms with van der Waals surface area (Å²) in [6, 6.07) is 8.22. The summed E-state index contributed by atoms with van der Waals surface area (Å²) in [5.41, 5.74) is 8.37. The molecule has 0 aromatic heterocycles. The number of nitrogens with two attached hydrogens (primary N) is 1. The minimum absolute atomic E-state index is 0.00828. The van der Waals surface area contributed by atoms with Crippen LogP contribution in [0.3, 0.4) is 0 Å². The smallest absolute Gasteiger partial charge is 0.322 e. The molecule has 2 amide bonds. The summed E-state index contributed by atoms with van der Waals surface area (Å²) in [6.45, 7) is 2.14. The number of amides is 2. The van der Waals surface area contributed by atoms with Crippen molar-refractivity contribution in [3.8, 4) is 0 Å². The number of hydrogen-bond acceptors (Lipinski definition) is 2. The number of nitrogens with one attached hydrogen (secondary N) is 1. The van der Waals surface area contributed by atoms with Crippen molar-refractivity contribution in [1.82, 2.24) is 5.32 Å². The number of benzene rings is 1. The number of carbonyl (C=O) groups is 1. The molecule has 0 unspecified atom stereocenters. The first-order chi connectivity index (χ1) is 8.77. The fourth-order valence-electron chi connectivity index (χ4n) is 3.05. The SMILES string of the molecule is NCC1(c2ccccc2N2CCNC2=O)CCC1. The van der Waals surface area contributed by atoms with Crippen molar-refractivity contribution in [3.05, 3.63) is 29.8 Å². The minimum Gasteiger partial charge on any atom is -0.336 e. The Bertz CT molecular complexity index is 462. The molecular weight excluding hydrogens is 226 g/mol. The zero-order valence-electron chi connectivity index (χ0n) is 10.5. The zero-order valence-corrected chi connectivity index (χ0v) is 10.5. The Hall–Kier alpha value is -1.55. The van der Waals surface area contributed by atoms with Crippen molar-refractivity contribution in [1.29, 1.82) is 0 Å². The number of rotatable bonds is 3. The number of nitrogens with zero attached hydrogens (tertiary/aromatic N) is 1. The van der Waals surface area contributed by atoms with Gasteiger partial charge in [0.05, 0.1) is 0 Å². The molecule has 0 spiro atoms. The standard InChI is InChI=1S/C14H19N3O/c15-10-14(6-3-7-14)11-4-1-2-5-12(11)17-9-8-16-13(17)18/h1-2,4-5H,3,6-10,15H2,(H,16,18). The predicted molar refractivity (Wildman–Crippen MR) is 71.8 cm³/mol. The van der Waals surface area contributed by atoms with Gasteiger partial charge in [0, 0.05) is 30.7 Å². The third kappa shape index (κ3) is 1.60. The number of carbonyl (C=O) groups excluding carboxylic acids is 1. The van der Waals surface area contributed by atoms with Gasteiger partial charge in [0.25, 0.3) is 0 Å². The molecule has 4 heteroatoms. The molecule has 0 atom stereocenters. The number of hydrogen-bond donors (Lipinski definition) is 2. The molecule has 1 heterocycles. The Kier molecular flexibility index (Phi) is 2.74. The van der Waals surface area contributed by atoms with Gasteiger partial charge in [-0.25, -0.2) is 4.79 Å². The molecule has 18 heavy (non-hydrogen) atoms. The highest BCUT2D eigenvalue weighted by Crippen LogP contribution is 2.46. The van der Waals surface area contributed by atoms with Crippen LogP contribution in [0.1, 0.15) is 24.8 Å². The van der Waals surface area contributed by atoms with E-state index in [0.29, 0.717) is 6.54 Å². The van der Waals surface area contributed by atoms with Crippen molar-refractivity contribution in [2.24, 2.45) is 5.73 Å². The van der Waals surface area contributed by atoms with E-state index in [4.69, 9.17) is 5.73 Å². The molecule has 3 rings (SSSR count). The van der Waals surface area contributed by atoms with Gasteiger partial charge in [-0.3, -0.25) is 4.90 Å². The molecule has 0 radical (unpaired) electrons. The van der Waals surface area contributed by atoms with Gasteiger partial charge in [-0.2, -0.15) is 0 Å². The summed E-state index contributed by atoms with van der Waals surface area (Å²) >= 11 is 0. The molecule has 1 aromatic rings. The number of urea groups is 1. The molecule has 4 nitrogen and oxygen atoms in total. The summed E-state index contributed by atoms with van der Waals surface area (Å²) in [4.78, 5) is 13.7. The molecule has 1 aromatic carbocycles. The van der Waals surface area contributed by atoms with E-state index in [9.17, 15) is 4.79 Å². The fraction of sp³-hybridized carbons (Fsp3) is 0.500. The highest BCUT2D eigenvalue weighted by atomic mass is 16.2. The third-order valence-corrected chi connectivity index (χ3v) is 4.32. The molecule has 0 bridgehead atoms. The van der Waals surface area contributed by atoms with Crippen LogP contribution in [-0.4, -0.2) is 25.7 Å². The van der Waals surface area contributed by atoms with Crippen molar-refractivity contribution >= 4 is 11.7 Å². The van der Waals surface area contributed by atoms with Crippen LogP contribution in [0, 0.1) is 0 Å². The maximum atomic E-state index is 11.8. The maximum Gasteiger partial charge on any atom is 0.322 e. The summed E-state index contributed by atoms with van der Waals surface area (Å²) in [7, 11) is 0. The maximum absolute atomic E-state index is 11.8. The first-order valence-corrected chi connectivity index (χ1v) is 6.62. The lowest BCUT2D eigenvalue weighted by Gasteiger charge is -2.43. The van der Waals surface area contributed by atoms with Crippen molar-refractivity contribution in [2.75, 3.05) is 24.5 Å². The fourth-order valence-corrected chi connectivity index (χ4v) is 3.05. The van der Waals surface area contributed by atoms with Crippen LogP contribution in [0.5, 0.6) is 0 Å². The molecule has 96 valence electrons. The number of anilines is 1. The van der Waals surface area contributed by atoms with Gasteiger partial charge in [-0.05, 0) is 24.5 Å². The summed E-state index contributed by atoms with van der Waals surface area (Å²) < 4.78 is 0. The quantitative estimate of drug-likeness (QED) is 0.849. The van der Waals surface area contributed by atoms with Gasteiger partial charge in [0.15, 0.2) is 0 Å². The first kappa shape index (κ1) is 11.5. The lowest BCUT2D eigenvalue weighted by atomic mass is 9.64. The van der Waals surface area contributed by atoms with Crippen LogP contribution in [0.2, 0.25) is 0 Å². The molecule has 1 aliphatic heterocycles. The van der Waals surface area contributed by atoms with Gasteiger partial charge in [-0.1, -0.05) is 24.6 Å². The number of para-hydroxylation sites is 1. The second-order valence-corrected chi connectivity index (χ2v) is 5.24. The molecule has 2 fully saturated rings. The van der Waals surface area contributed by atoms with E-state index in [0.717, 1.165) is 31.6 Å². The predicted octanol–water partition coefficient (Wildman–Crippen LogP) is 1.60. The average molecular weight is 245 g/mol. The molecular formula is C14H19N3O. The Balaban J connectivity index is 2.02. The third-order valence-electron chi connectivity index (χ3n) is 4.32. The van der Waals surface area contributed by atoms with Gasteiger partial charge < -0.3 is 11.1 Å². The summed E-state index contributed by atoms with van der Waals surface area (Å²) in [5, 5.41) is 2.86. The second kappa shape index (κ2) is 4.28. The topological polar surface area (TPSA) is 58.4 Å². The van der Waals surface area contributed by atoms with Gasteiger partial charge in [0.1, 0.15) is 0 Å². The normalized spacial score (nSPS) is 21.6. The van der Waals surface area contributed by atoms with Gasteiger partial charge in [-0.15, -0.1) is 0 Å². The molecule has 1 aliphatic carbocycles. The zero-order chi connectivity index (χ0) is 12.6. The van der Waals surface area contributed by atoms with E-state index < -0.39 is 0 Å². The highest BCUT2D eigenvalue weighted by molar-refractivity contribution is 5.95. The van der Waals surface area contributed by atoms with Crippen LogP contribution < -0.4 is 16.0 Å². The Morgan fingerprint density at radius 1 is 1.33 bits per heavy atom. The first-order valence-electron chi connectivity index (χ1n) is 6.62. The molecule has 1 saturated carbocycles. The average Bonchev–Trinajstić information content (AvgIpc) is 2.76. The Labute approximate surface area is 107 Å². The van der Waals surface area contributed by atoms with Crippen molar-refractivity contribution < 1.29 is 4.79 Å². The van der Waals surface area contributed by atoms with Crippen LogP contribution >= 0.6 is 0 Å². The largest absolute Gasteiger partial charge is 0.336 e. The second-order valence-electron chi connectivity index (χ2n) is 5.24. The van der Waals surface area contributed by atoms with Gasteiger partial charge in [0.2, 0.25) is 0 Å². The van der Waals surface area contributed by atoms with Gasteiger partial charge >= 0.3 is 6.03 Å². The minimum atomic E-state index is 0.00828. The lowest BCUT2D eigenvalue weighted by Crippen LogP contribution is -2.43. The highest BCUT2D eigenvalue weighted by Gasteiger charge is 2.40. The molecule has 3 N–H and O–H groups in total. The summed E-state index contributed by atoms with van der Waals surface area (Å²) in [5.74, 6) is 0. The van der Waals surface area contributed by atoms with Crippen molar-refractivity contribution in [3.63, 3.8) is 0 Å². The van der Waals surface area contributed by atoms with E-state index in [1.165, 1.54) is 12.0 Å². The van der Waals surface area contributed by atoms with Crippen LogP contribution in [0.25, 0.3) is 0 Å². The van der Waals surface area contributed by atoms with Crippen molar-refractivity contribution in [2.45, 2.75) is 24.7 Å². The van der Waals surface area contributed by atoms with Crippen LogP contribution in [0.15, 0.2) is 24.3 Å². The van der Waals surface area contributed by atoms with Crippen LogP contribution in [0.4, 0.5) is 10.5 Å². The van der Waals surface area contributed by atoms with Crippen LogP contribution in [-0.2, 0) is 5.41 Å². The molecule has 1 saturated heterocycles. The molecule has 2 aliphatic rings. The van der Waals surface area contributed by atoms with E-state index >= 15 is 0 Å². The Morgan fingerprint density at radius 2 is 2.11 bits per heavy atom. The lowest BCUT2D eigenvalue weighted by molar-refractivity contribution is 0.248. The monoisotopic (exact) mass is 245 g/mol. The Morgan fingerprint density at radius 3 is 2.67 bits per heavy atom. The summed E-state index contributed by atoms with van der Waals surface area (Å²) in [6.07, 6.45) is 3.50. The van der Waals surface area contributed by atoms with E-state index in [1.807, 2.05) is 23.1 Å². The van der Waals surface area contributed by atoms with E-state index in [2.05, 4.69) is 11.4 Å². The van der Waals surface area contributed by atoms with E-state index in [1.54, 1.807) is 0 Å². The van der Waals surface area contributed by atoms with E-state index in [-0.39, 0.29) is 11.4 Å².